The summed E-state index contributed by atoms with van der Waals surface area (Å²) in [5, 5.41) is 0.475. The summed E-state index contributed by atoms with van der Waals surface area (Å²) in [6, 6.07) is 39.8. The lowest BCUT2D eigenvalue weighted by Crippen LogP contribution is -2.36. The molecule has 0 radical (unpaired) electrons. The predicted octanol–water partition coefficient (Wildman–Crippen LogP) is 7.60. The summed E-state index contributed by atoms with van der Waals surface area (Å²) < 4.78 is 28.8. The van der Waals surface area contributed by atoms with Gasteiger partial charge < -0.3 is 4.90 Å². The summed E-state index contributed by atoms with van der Waals surface area (Å²) in [6.45, 7) is 1.58. The second kappa shape index (κ2) is 12.6. The maximum Gasteiger partial charge on any atom is 0.254 e. The number of benzene rings is 5. The molecule has 1 heterocycles. The fraction of sp³-hybridized carbons (Fsp3) is 0.139. The van der Waals surface area contributed by atoms with Crippen molar-refractivity contribution in [2.45, 2.75) is 31.0 Å². The van der Waals surface area contributed by atoms with Gasteiger partial charge in [-0.1, -0.05) is 96.5 Å². The van der Waals surface area contributed by atoms with Crippen molar-refractivity contribution in [1.29, 1.82) is 0 Å². The van der Waals surface area contributed by atoms with E-state index in [0.717, 1.165) is 28.7 Å². The SMILES string of the molecule is O=C(c1ccc(CN(Cc2ccccc2)S(=O)(=O)c2ccc(Cl)cc2)cc1)N1CCc2ccc(-c3ccccc3)cc2C1. The van der Waals surface area contributed by atoms with Crippen molar-refractivity contribution in [2.75, 3.05) is 6.54 Å². The number of carbonyl (C=O) groups excluding carboxylic acids is 1. The molecule has 216 valence electrons. The van der Waals surface area contributed by atoms with Gasteiger partial charge in [-0.05, 0) is 82.3 Å². The Hall–Kier alpha value is -4.23. The second-order valence-electron chi connectivity index (χ2n) is 10.7. The van der Waals surface area contributed by atoms with Gasteiger partial charge in [0.1, 0.15) is 0 Å². The number of hydrogen-bond donors (Lipinski definition) is 0. The Balaban J connectivity index is 1.19. The van der Waals surface area contributed by atoms with E-state index < -0.39 is 10.0 Å². The largest absolute Gasteiger partial charge is 0.334 e. The normalized spacial score (nSPS) is 13.1. The molecule has 0 aromatic heterocycles. The highest BCUT2D eigenvalue weighted by Gasteiger charge is 2.26. The molecule has 5 nitrogen and oxygen atoms in total. The third kappa shape index (κ3) is 6.57. The third-order valence-corrected chi connectivity index (χ3v) is 9.88. The molecule has 1 aliphatic rings. The molecule has 5 aromatic carbocycles. The molecule has 7 heteroatoms. The van der Waals surface area contributed by atoms with Crippen LogP contribution in [0.25, 0.3) is 11.1 Å². The minimum atomic E-state index is -3.81. The lowest BCUT2D eigenvalue weighted by Gasteiger charge is -2.29. The molecule has 0 atom stereocenters. The Labute approximate surface area is 258 Å². The maximum atomic E-state index is 13.7. The molecule has 1 amide bonds. The first-order valence-corrected chi connectivity index (χ1v) is 16.0. The Kier molecular flexibility index (Phi) is 8.43. The number of nitrogens with zero attached hydrogens (tertiary/aromatic N) is 2. The van der Waals surface area contributed by atoms with Crippen molar-refractivity contribution < 1.29 is 13.2 Å². The van der Waals surface area contributed by atoms with Crippen LogP contribution in [0.1, 0.15) is 32.6 Å². The Morgan fingerprint density at radius 1 is 0.698 bits per heavy atom. The average molecular weight is 607 g/mol. The first-order chi connectivity index (χ1) is 20.9. The van der Waals surface area contributed by atoms with Gasteiger partial charge in [0.2, 0.25) is 10.0 Å². The molecular weight excluding hydrogens is 576 g/mol. The monoisotopic (exact) mass is 606 g/mol. The number of carbonyl (C=O) groups is 1. The Bertz CT molecular complexity index is 1830. The van der Waals surface area contributed by atoms with Crippen LogP contribution in [0.5, 0.6) is 0 Å². The highest BCUT2D eigenvalue weighted by atomic mass is 35.5. The van der Waals surface area contributed by atoms with E-state index in [9.17, 15) is 13.2 Å². The standard InChI is InChI=1S/C36H31ClN2O3S/c37-34-17-19-35(20-18-34)43(41,42)39(24-27-7-3-1-4-8-27)25-28-11-13-31(14-12-28)36(40)38-22-21-30-15-16-32(23-33(30)26-38)29-9-5-2-6-10-29/h1-20,23H,21-22,24-26H2. The molecule has 0 aliphatic carbocycles. The number of rotatable bonds is 8. The predicted molar refractivity (Wildman–Crippen MR) is 171 cm³/mol. The molecule has 0 saturated heterocycles. The molecule has 0 saturated carbocycles. The van der Waals surface area contributed by atoms with Crippen LogP contribution < -0.4 is 0 Å². The molecule has 6 rings (SSSR count). The van der Waals surface area contributed by atoms with Crippen LogP contribution in [0.3, 0.4) is 0 Å². The summed E-state index contributed by atoms with van der Waals surface area (Å²) >= 11 is 6.02. The van der Waals surface area contributed by atoms with Crippen LogP contribution in [0.2, 0.25) is 5.02 Å². The van der Waals surface area contributed by atoms with Crippen molar-refractivity contribution >= 4 is 27.5 Å². The lowest BCUT2D eigenvalue weighted by molar-refractivity contribution is 0.0734. The van der Waals surface area contributed by atoms with E-state index in [1.807, 2.05) is 65.6 Å². The first kappa shape index (κ1) is 28.9. The molecule has 1 aliphatic heterocycles. The minimum Gasteiger partial charge on any atom is -0.334 e. The average Bonchev–Trinajstić information content (AvgIpc) is 3.05. The zero-order chi connectivity index (χ0) is 29.8. The van der Waals surface area contributed by atoms with Gasteiger partial charge in [0.25, 0.3) is 5.91 Å². The third-order valence-electron chi connectivity index (χ3n) is 7.83. The highest BCUT2D eigenvalue weighted by Crippen LogP contribution is 2.28. The van der Waals surface area contributed by atoms with E-state index in [-0.39, 0.29) is 23.9 Å². The topological polar surface area (TPSA) is 57.7 Å². The van der Waals surface area contributed by atoms with Crippen LogP contribution in [0.4, 0.5) is 0 Å². The molecule has 0 spiro atoms. The van der Waals surface area contributed by atoms with E-state index in [1.54, 1.807) is 24.3 Å². The van der Waals surface area contributed by atoms with Crippen molar-refractivity contribution in [3.63, 3.8) is 0 Å². The molecule has 0 fully saturated rings. The highest BCUT2D eigenvalue weighted by molar-refractivity contribution is 7.89. The fourth-order valence-corrected chi connectivity index (χ4v) is 6.99. The summed E-state index contributed by atoms with van der Waals surface area (Å²) in [5.41, 5.74) is 7.01. The summed E-state index contributed by atoms with van der Waals surface area (Å²) in [5.74, 6) is -0.0303. The van der Waals surface area contributed by atoms with Gasteiger partial charge in [0.05, 0.1) is 4.90 Å². The van der Waals surface area contributed by atoms with Crippen LogP contribution in [0.15, 0.2) is 132 Å². The number of sulfonamides is 1. The Morgan fingerprint density at radius 2 is 1.33 bits per heavy atom. The van der Waals surface area contributed by atoms with Crippen LogP contribution >= 0.6 is 11.6 Å². The van der Waals surface area contributed by atoms with Crippen molar-refractivity contribution in [1.82, 2.24) is 9.21 Å². The quantitative estimate of drug-likeness (QED) is 0.183. The Morgan fingerprint density at radius 3 is 2.00 bits per heavy atom. The smallest absolute Gasteiger partial charge is 0.254 e. The molecule has 43 heavy (non-hydrogen) atoms. The van der Waals surface area contributed by atoms with Crippen molar-refractivity contribution in [3.8, 4) is 11.1 Å². The molecular formula is C36H31ClN2O3S. The number of amides is 1. The lowest BCUT2D eigenvalue weighted by atomic mass is 9.94. The van der Waals surface area contributed by atoms with Gasteiger partial charge >= 0.3 is 0 Å². The number of fused-ring (bicyclic) bond motifs is 1. The van der Waals surface area contributed by atoms with Crippen LogP contribution in [0, 0.1) is 0 Å². The van der Waals surface area contributed by atoms with Gasteiger partial charge in [0.15, 0.2) is 0 Å². The number of hydrogen-bond acceptors (Lipinski definition) is 3. The van der Waals surface area contributed by atoms with Crippen molar-refractivity contribution in [2.24, 2.45) is 0 Å². The van der Waals surface area contributed by atoms with E-state index in [4.69, 9.17) is 11.6 Å². The second-order valence-corrected chi connectivity index (χ2v) is 13.1. The van der Waals surface area contributed by atoms with Gasteiger partial charge in [-0.25, -0.2) is 8.42 Å². The molecule has 0 bridgehead atoms. The van der Waals surface area contributed by atoms with Gasteiger partial charge in [0, 0.05) is 36.8 Å². The van der Waals surface area contributed by atoms with Gasteiger partial charge in [-0.3, -0.25) is 4.79 Å². The first-order valence-electron chi connectivity index (χ1n) is 14.2. The summed E-state index contributed by atoms with van der Waals surface area (Å²) in [7, 11) is -3.81. The van der Waals surface area contributed by atoms with E-state index in [2.05, 4.69) is 30.3 Å². The summed E-state index contributed by atoms with van der Waals surface area (Å²) in [6.07, 6.45) is 0.811. The van der Waals surface area contributed by atoms with E-state index in [0.29, 0.717) is 23.7 Å². The maximum absolute atomic E-state index is 13.7. The van der Waals surface area contributed by atoms with Crippen LogP contribution in [-0.4, -0.2) is 30.1 Å². The van der Waals surface area contributed by atoms with Gasteiger partial charge in [-0.15, -0.1) is 0 Å². The fourth-order valence-electron chi connectivity index (χ4n) is 5.45. The minimum absolute atomic E-state index is 0.0303. The van der Waals surface area contributed by atoms with Crippen LogP contribution in [-0.2, 0) is 36.1 Å². The zero-order valence-corrected chi connectivity index (χ0v) is 25.1. The molecule has 0 unspecified atom stereocenters. The zero-order valence-electron chi connectivity index (χ0n) is 23.6. The molecule has 0 N–H and O–H groups in total. The summed E-state index contributed by atoms with van der Waals surface area (Å²) in [4.78, 5) is 15.6. The number of halogens is 1. The van der Waals surface area contributed by atoms with E-state index in [1.165, 1.54) is 27.6 Å². The molecule has 5 aromatic rings. The van der Waals surface area contributed by atoms with Gasteiger partial charge in [-0.2, -0.15) is 4.31 Å². The van der Waals surface area contributed by atoms with E-state index >= 15 is 0 Å². The van der Waals surface area contributed by atoms with Crippen molar-refractivity contribution in [3.05, 3.63) is 160 Å².